The van der Waals surface area contributed by atoms with Crippen LogP contribution in [0.15, 0.2) is 29.6 Å². The minimum absolute atomic E-state index is 0.0506. The fourth-order valence-corrected chi connectivity index (χ4v) is 2.33. The van der Waals surface area contributed by atoms with Crippen LogP contribution in [0.3, 0.4) is 0 Å². The monoisotopic (exact) mass is 268 g/mol. The van der Waals surface area contributed by atoms with E-state index in [-0.39, 0.29) is 11.7 Å². The van der Waals surface area contributed by atoms with Crippen molar-refractivity contribution in [2.24, 2.45) is 0 Å². The largest absolute Gasteiger partial charge is 0.508 e. The van der Waals surface area contributed by atoms with Gasteiger partial charge in [-0.2, -0.15) is 0 Å². The van der Waals surface area contributed by atoms with E-state index in [0.717, 1.165) is 0 Å². The molecule has 0 saturated carbocycles. The Bertz CT molecular complexity index is 568. The number of hydrogen-bond acceptors (Lipinski definition) is 4. The highest BCUT2D eigenvalue weighted by atomic mass is 35.5. The smallest absolute Gasteiger partial charge is 0.267 e. The first kappa shape index (κ1) is 11.8. The number of thiophene rings is 1. The highest BCUT2D eigenvalue weighted by Crippen LogP contribution is 2.26. The molecule has 0 bridgehead atoms. The lowest BCUT2D eigenvalue weighted by molar-refractivity contribution is 0.103. The van der Waals surface area contributed by atoms with Gasteiger partial charge in [0, 0.05) is 6.07 Å². The van der Waals surface area contributed by atoms with Gasteiger partial charge in [0.1, 0.15) is 10.6 Å². The molecule has 0 aliphatic heterocycles. The molecule has 6 heteroatoms. The lowest BCUT2D eigenvalue weighted by Crippen LogP contribution is -2.12. The van der Waals surface area contributed by atoms with Crippen LogP contribution in [-0.4, -0.2) is 11.0 Å². The summed E-state index contributed by atoms with van der Waals surface area (Å²) in [6.07, 6.45) is 0. The van der Waals surface area contributed by atoms with Gasteiger partial charge in [-0.15, -0.1) is 11.3 Å². The second-order valence-corrected chi connectivity index (χ2v) is 4.65. The van der Waals surface area contributed by atoms with Crippen molar-refractivity contribution in [1.82, 2.24) is 0 Å². The molecule has 1 aromatic heterocycles. The van der Waals surface area contributed by atoms with E-state index < -0.39 is 0 Å². The molecule has 1 amide bonds. The molecule has 17 heavy (non-hydrogen) atoms. The second-order valence-electron chi connectivity index (χ2n) is 3.32. The van der Waals surface area contributed by atoms with Crippen LogP contribution in [0, 0.1) is 0 Å². The molecule has 0 fully saturated rings. The van der Waals surface area contributed by atoms with Crippen LogP contribution < -0.4 is 11.1 Å². The third-order valence-electron chi connectivity index (χ3n) is 2.11. The number of carbonyl (C=O) groups excluding carboxylic acids is 1. The number of amides is 1. The van der Waals surface area contributed by atoms with Crippen molar-refractivity contribution >= 4 is 40.2 Å². The first-order valence-electron chi connectivity index (χ1n) is 4.71. The molecule has 4 N–H and O–H groups in total. The predicted octanol–water partition coefficient (Wildman–Crippen LogP) is 2.94. The Labute approximate surface area is 107 Å². The van der Waals surface area contributed by atoms with Crippen molar-refractivity contribution in [3.8, 4) is 5.75 Å². The number of aromatic hydroxyl groups is 1. The lowest BCUT2D eigenvalue weighted by atomic mass is 10.2. The van der Waals surface area contributed by atoms with Gasteiger partial charge in [-0.3, -0.25) is 4.79 Å². The summed E-state index contributed by atoms with van der Waals surface area (Å²) in [7, 11) is 0. The number of carbonyl (C=O) groups is 1. The number of hydrogen-bond donors (Lipinski definition) is 3. The SMILES string of the molecule is Nc1cc(O)ccc1NC(=O)c1sccc1Cl. The molecule has 1 aromatic carbocycles. The Morgan fingerprint density at radius 2 is 2.18 bits per heavy atom. The van der Waals surface area contributed by atoms with Crippen LogP contribution in [0.5, 0.6) is 5.75 Å². The van der Waals surface area contributed by atoms with Crippen LogP contribution in [0.4, 0.5) is 11.4 Å². The van der Waals surface area contributed by atoms with E-state index in [9.17, 15) is 9.90 Å². The normalized spacial score (nSPS) is 10.2. The molecule has 2 aromatic rings. The van der Waals surface area contributed by atoms with E-state index in [1.54, 1.807) is 11.4 Å². The molecule has 4 nitrogen and oxygen atoms in total. The molecule has 0 saturated heterocycles. The maximum absolute atomic E-state index is 11.8. The number of nitrogen functional groups attached to an aromatic ring is 1. The summed E-state index contributed by atoms with van der Waals surface area (Å²) in [5.41, 5.74) is 6.40. The first-order valence-corrected chi connectivity index (χ1v) is 5.96. The Morgan fingerprint density at radius 3 is 2.76 bits per heavy atom. The molecule has 0 radical (unpaired) electrons. The molecule has 0 atom stereocenters. The number of rotatable bonds is 2. The summed E-state index contributed by atoms with van der Waals surface area (Å²) in [4.78, 5) is 12.3. The van der Waals surface area contributed by atoms with Gasteiger partial charge in [-0.05, 0) is 23.6 Å². The molecular weight excluding hydrogens is 260 g/mol. The van der Waals surface area contributed by atoms with Crippen molar-refractivity contribution in [3.63, 3.8) is 0 Å². The first-order chi connectivity index (χ1) is 8.08. The summed E-state index contributed by atoms with van der Waals surface area (Å²) in [6, 6.07) is 6.00. The zero-order valence-electron chi connectivity index (χ0n) is 8.61. The Balaban J connectivity index is 2.22. The van der Waals surface area contributed by atoms with Gasteiger partial charge in [0.05, 0.1) is 16.4 Å². The molecule has 1 heterocycles. The van der Waals surface area contributed by atoms with E-state index in [1.165, 1.54) is 29.5 Å². The molecule has 88 valence electrons. The van der Waals surface area contributed by atoms with Gasteiger partial charge >= 0.3 is 0 Å². The minimum Gasteiger partial charge on any atom is -0.508 e. The van der Waals surface area contributed by atoms with Gasteiger partial charge in [-0.1, -0.05) is 11.6 Å². The number of nitrogens with two attached hydrogens (primary N) is 1. The predicted molar refractivity (Wildman–Crippen MR) is 69.8 cm³/mol. The third-order valence-corrected chi connectivity index (χ3v) is 3.45. The van der Waals surface area contributed by atoms with E-state index in [4.69, 9.17) is 17.3 Å². The Kier molecular flexibility index (Phi) is 3.21. The number of benzene rings is 1. The standard InChI is InChI=1S/C11H9ClN2O2S/c12-7-3-4-17-10(7)11(16)14-9-2-1-6(15)5-8(9)13/h1-5,15H,13H2,(H,14,16). The van der Waals surface area contributed by atoms with Crippen molar-refractivity contribution in [2.45, 2.75) is 0 Å². The minimum atomic E-state index is -0.317. The average molecular weight is 269 g/mol. The number of phenolic OH excluding ortho intramolecular Hbond substituents is 1. The highest BCUT2D eigenvalue weighted by molar-refractivity contribution is 7.12. The van der Waals surface area contributed by atoms with Gasteiger partial charge in [-0.25, -0.2) is 0 Å². The second kappa shape index (κ2) is 4.65. The van der Waals surface area contributed by atoms with Crippen LogP contribution in [0.2, 0.25) is 5.02 Å². The summed E-state index contributed by atoms with van der Waals surface area (Å²) in [6.45, 7) is 0. The fraction of sp³-hybridized carbons (Fsp3) is 0. The Hall–Kier alpha value is -1.72. The number of anilines is 2. The van der Waals surface area contributed by atoms with E-state index in [0.29, 0.717) is 21.3 Å². The van der Waals surface area contributed by atoms with Crippen molar-refractivity contribution in [3.05, 3.63) is 39.5 Å². The topological polar surface area (TPSA) is 75.3 Å². The molecule has 0 aliphatic carbocycles. The lowest BCUT2D eigenvalue weighted by Gasteiger charge is -2.07. The van der Waals surface area contributed by atoms with E-state index in [2.05, 4.69) is 5.32 Å². The maximum atomic E-state index is 11.8. The summed E-state index contributed by atoms with van der Waals surface area (Å²) in [5, 5.41) is 14.0. The number of nitrogens with one attached hydrogen (secondary N) is 1. The van der Waals surface area contributed by atoms with E-state index in [1.807, 2.05) is 0 Å². The molecular formula is C11H9ClN2O2S. The van der Waals surface area contributed by atoms with Crippen LogP contribution in [0.1, 0.15) is 9.67 Å². The van der Waals surface area contributed by atoms with Gasteiger partial charge in [0.25, 0.3) is 5.91 Å². The van der Waals surface area contributed by atoms with Crippen molar-refractivity contribution < 1.29 is 9.90 Å². The average Bonchev–Trinajstić information content (AvgIpc) is 2.68. The van der Waals surface area contributed by atoms with Gasteiger partial charge in [0.2, 0.25) is 0 Å². The molecule has 2 rings (SSSR count). The third kappa shape index (κ3) is 2.51. The maximum Gasteiger partial charge on any atom is 0.267 e. The zero-order valence-corrected chi connectivity index (χ0v) is 10.2. The molecule has 0 spiro atoms. The van der Waals surface area contributed by atoms with Gasteiger partial charge in [0.15, 0.2) is 0 Å². The fourth-order valence-electron chi connectivity index (χ4n) is 1.30. The summed E-state index contributed by atoms with van der Waals surface area (Å²) in [5.74, 6) is -0.267. The quantitative estimate of drug-likeness (QED) is 0.579. The summed E-state index contributed by atoms with van der Waals surface area (Å²) < 4.78 is 0. The van der Waals surface area contributed by atoms with Gasteiger partial charge < -0.3 is 16.2 Å². The van der Waals surface area contributed by atoms with Crippen molar-refractivity contribution in [2.75, 3.05) is 11.1 Å². The van der Waals surface area contributed by atoms with E-state index >= 15 is 0 Å². The van der Waals surface area contributed by atoms with Crippen LogP contribution in [-0.2, 0) is 0 Å². The summed E-state index contributed by atoms with van der Waals surface area (Å²) >= 11 is 7.10. The zero-order chi connectivity index (χ0) is 12.4. The molecule has 0 unspecified atom stereocenters. The van der Waals surface area contributed by atoms with Crippen LogP contribution in [0.25, 0.3) is 0 Å². The molecule has 0 aliphatic rings. The Morgan fingerprint density at radius 1 is 1.41 bits per heavy atom. The number of halogens is 1. The van der Waals surface area contributed by atoms with Crippen molar-refractivity contribution in [1.29, 1.82) is 0 Å². The highest BCUT2D eigenvalue weighted by Gasteiger charge is 2.13. The van der Waals surface area contributed by atoms with Crippen LogP contribution >= 0.6 is 22.9 Å². The number of phenols is 1.